The second-order valence-corrected chi connectivity index (χ2v) is 6.87. The number of hydrogen-bond donors (Lipinski definition) is 2. The molecule has 0 aliphatic heterocycles. The molecular formula is C17H18N2O3S. The minimum Gasteiger partial charge on any atom is -0.493 e. The van der Waals surface area contributed by atoms with E-state index in [9.17, 15) is 4.79 Å². The molecule has 0 spiro atoms. The van der Waals surface area contributed by atoms with Gasteiger partial charge in [0.15, 0.2) is 0 Å². The second kappa shape index (κ2) is 6.04. The molecule has 0 saturated carbocycles. The van der Waals surface area contributed by atoms with Gasteiger partial charge in [0, 0.05) is 10.9 Å². The number of fused-ring (bicyclic) bond motifs is 1. The first-order chi connectivity index (χ1) is 10.9. The van der Waals surface area contributed by atoms with Crippen molar-refractivity contribution < 1.29 is 14.6 Å². The van der Waals surface area contributed by atoms with Gasteiger partial charge in [-0.25, -0.2) is 9.78 Å². The number of carboxylic acids is 1. The van der Waals surface area contributed by atoms with Gasteiger partial charge in [0.2, 0.25) is 0 Å². The van der Waals surface area contributed by atoms with Crippen LogP contribution in [0.1, 0.15) is 29.2 Å². The van der Waals surface area contributed by atoms with Crippen molar-refractivity contribution in [2.45, 2.75) is 20.8 Å². The Morgan fingerprint density at radius 3 is 2.83 bits per heavy atom. The zero-order valence-electron chi connectivity index (χ0n) is 13.2. The Labute approximate surface area is 137 Å². The number of aromatic nitrogens is 2. The summed E-state index contributed by atoms with van der Waals surface area (Å²) in [7, 11) is 0. The molecule has 6 heteroatoms. The molecular weight excluding hydrogens is 312 g/mol. The third-order valence-electron chi connectivity index (χ3n) is 3.40. The van der Waals surface area contributed by atoms with Crippen molar-refractivity contribution in [3.63, 3.8) is 0 Å². The van der Waals surface area contributed by atoms with Crippen LogP contribution in [0.4, 0.5) is 0 Å². The quantitative estimate of drug-likeness (QED) is 0.730. The van der Waals surface area contributed by atoms with Crippen molar-refractivity contribution in [3.05, 3.63) is 34.8 Å². The molecule has 5 nitrogen and oxygen atoms in total. The summed E-state index contributed by atoms with van der Waals surface area (Å²) in [5.74, 6) is 0.366. The highest BCUT2D eigenvalue weighted by atomic mass is 32.1. The van der Waals surface area contributed by atoms with E-state index in [0.717, 1.165) is 22.3 Å². The molecule has 3 aromatic rings. The zero-order valence-corrected chi connectivity index (χ0v) is 14.0. The minimum absolute atomic E-state index is 0.277. The smallest absolute Gasteiger partial charge is 0.347 e. The van der Waals surface area contributed by atoms with Crippen molar-refractivity contribution in [2.75, 3.05) is 6.61 Å². The van der Waals surface area contributed by atoms with E-state index in [-0.39, 0.29) is 4.88 Å². The van der Waals surface area contributed by atoms with Crippen LogP contribution < -0.4 is 4.74 Å². The van der Waals surface area contributed by atoms with E-state index in [1.807, 2.05) is 24.3 Å². The number of nitrogens with one attached hydrogen (secondary N) is 1. The maximum atomic E-state index is 11.2. The number of hydrogen-bond acceptors (Lipinski definition) is 4. The van der Waals surface area contributed by atoms with Gasteiger partial charge in [0.25, 0.3) is 0 Å². The molecule has 0 bridgehead atoms. The van der Waals surface area contributed by atoms with E-state index in [0.29, 0.717) is 23.2 Å². The Bertz CT molecular complexity index is 864. The molecule has 0 amide bonds. The number of rotatable bonds is 5. The molecule has 2 N–H and O–H groups in total. The Morgan fingerprint density at radius 1 is 1.39 bits per heavy atom. The highest BCUT2D eigenvalue weighted by Crippen LogP contribution is 2.31. The summed E-state index contributed by atoms with van der Waals surface area (Å²) < 4.78 is 5.74. The first-order valence-corrected chi connectivity index (χ1v) is 8.22. The van der Waals surface area contributed by atoms with E-state index in [2.05, 4.69) is 23.8 Å². The molecule has 2 aromatic heterocycles. The van der Waals surface area contributed by atoms with Gasteiger partial charge in [-0.2, -0.15) is 0 Å². The number of benzene rings is 1. The number of carboxylic acid groups (broad SMARTS) is 1. The fraction of sp³-hybridized carbons (Fsp3) is 0.294. The van der Waals surface area contributed by atoms with Crippen LogP contribution in [0.3, 0.4) is 0 Å². The van der Waals surface area contributed by atoms with E-state index in [1.54, 1.807) is 6.92 Å². The van der Waals surface area contributed by atoms with Gasteiger partial charge in [0.1, 0.15) is 15.6 Å². The van der Waals surface area contributed by atoms with Crippen LogP contribution in [-0.4, -0.2) is 27.7 Å². The standard InChI is InChI=1S/C17H18N2O3S/c1-9(2)8-22-12-4-5-13-11(6-12)7-14(19-13)16-18-10(3)15(23-16)17(20)21/h4-7,9,19H,8H2,1-3H3,(H,20,21). The van der Waals surface area contributed by atoms with Crippen molar-refractivity contribution in [3.8, 4) is 16.5 Å². The average Bonchev–Trinajstić information content (AvgIpc) is 3.07. The minimum atomic E-state index is -0.938. The number of H-pyrrole nitrogens is 1. The van der Waals surface area contributed by atoms with E-state index >= 15 is 0 Å². The highest BCUT2D eigenvalue weighted by molar-refractivity contribution is 7.17. The van der Waals surface area contributed by atoms with Gasteiger partial charge in [-0.1, -0.05) is 13.8 Å². The molecule has 3 rings (SSSR count). The molecule has 0 aliphatic rings. The maximum absolute atomic E-state index is 11.2. The molecule has 0 fully saturated rings. The van der Waals surface area contributed by atoms with Gasteiger partial charge in [-0.05, 0) is 37.1 Å². The second-order valence-electron chi connectivity index (χ2n) is 5.88. The zero-order chi connectivity index (χ0) is 16.6. The molecule has 23 heavy (non-hydrogen) atoms. The number of nitrogens with zero attached hydrogens (tertiary/aromatic N) is 1. The Morgan fingerprint density at radius 2 is 2.17 bits per heavy atom. The summed E-state index contributed by atoms with van der Waals surface area (Å²) in [6, 6.07) is 7.85. The molecule has 1 aromatic carbocycles. The number of aromatic amines is 1. The van der Waals surface area contributed by atoms with Gasteiger partial charge in [-0.3, -0.25) is 0 Å². The van der Waals surface area contributed by atoms with Crippen LogP contribution in [0.25, 0.3) is 21.6 Å². The van der Waals surface area contributed by atoms with E-state index in [1.165, 1.54) is 11.3 Å². The number of ether oxygens (including phenoxy) is 1. The highest BCUT2D eigenvalue weighted by Gasteiger charge is 2.16. The van der Waals surface area contributed by atoms with Gasteiger partial charge >= 0.3 is 5.97 Å². The predicted octanol–water partition coefficient (Wildman–Crippen LogP) is 4.33. The lowest BCUT2D eigenvalue weighted by atomic mass is 10.2. The van der Waals surface area contributed by atoms with E-state index in [4.69, 9.17) is 9.84 Å². The molecule has 0 aliphatic carbocycles. The topological polar surface area (TPSA) is 75.2 Å². The van der Waals surface area contributed by atoms with Crippen LogP contribution in [-0.2, 0) is 0 Å². The molecule has 0 radical (unpaired) electrons. The Hall–Kier alpha value is -2.34. The average molecular weight is 330 g/mol. The summed E-state index contributed by atoms with van der Waals surface area (Å²) in [6.07, 6.45) is 0. The van der Waals surface area contributed by atoms with Crippen molar-refractivity contribution in [1.29, 1.82) is 0 Å². The maximum Gasteiger partial charge on any atom is 0.347 e. The molecule has 0 atom stereocenters. The number of aryl methyl sites for hydroxylation is 1. The fourth-order valence-corrected chi connectivity index (χ4v) is 3.17. The monoisotopic (exact) mass is 330 g/mol. The largest absolute Gasteiger partial charge is 0.493 e. The summed E-state index contributed by atoms with van der Waals surface area (Å²) in [5, 5.41) is 10.9. The van der Waals surface area contributed by atoms with Gasteiger partial charge in [-0.15, -0.1) is 11.3 Å². The summed E-state index contributed by atoms with van der Waals surface area (Å²) >= 11 is 1.18. The lowest BCUT2D eigenvalue weighted by molar-refractivity contribution is 0.0701. The van der Waals surface area contributed by atoms with Crippen molar-refractivity contribution in [1.82, 2.24) is 9.97 Å². The predicted molar refractivity (Wildman–Crippen MR) is 91.4 cm³/mol. The third kappa shape index (κ3) is 3.22. The van der Waals surface area contributed by atoms with Crippen LogP contribution >= 0.6 is 11.3 Å². The van der Waals surface area contributed by atoms with Gasteiger partial charge in [0.05, 0.1) is 18.0 Å². The summed E-state index contributed by atoms with van der Waals surface area (Å²) in [4.78, 5) is 19.1. The first-order valence-electron chi connectivity index (χ1n) is 7.40. The van der Waals surface area contributed by atoms with Crippen molar-refractivity contribution >= 4 is 28.2 Å². The number of aromatic carboxylic acids is 1. The van der Waals surface area contributed by atoms with E-state index < -0.39 is 5.97 Å². The fourth-order valence-electron chi connectivity index (χ4n) is 2.29. The van der Waals surface area contributed by atoms with Crippen LogP contribution in [0.15, 0.2) is 24.3 Å². The first kappa shape index (κ1) is 15.6. The Balaban J connectivity index is 1.93. The number of carbonyl (C=O) groups is 1. The molecule has 120 valence electrons. The molecule has 0 saturated heterocycles. The SMILES string of the molecule is Cc1nc(-c2cc3cc(OCC(C)C)ccc3[nH]2)sc1C(=O)O. The Kier molecular flexibility index (Phi) is 4.09. The third-order valence-corrected chi connectivity index (χ3v) is 4.58. The lowest BCUT2D eigenvalue weighted by Crippen LogP contribution is -2.04. The van der Waals surface area contributed by atoms with Gasteiger partial charge < -0.3 is 14.8 Å². The summed E-state index contributed by atoms with van der Waals surface area (Å²) in [5.41, 5.74) is 2.33. The van der Waals surface area contributed by atoms with Crippen molar-refractivity contribution in [2.24, 2.45) is 5.92 Å². The molecule has 0 unspecified atom stereocenters. The van der Waals surface area contributed by atoms with Crippen LogP contribution in [0, 0.1) is 12.8 Å². The number of thiazole rings is 1. The van der Waals surface area contributed by atoms with Crippen LogP contribution in [0.5, 0.6) is 5.75 Å². The molecule has 2 heterocycles. The summed E-state index contributed by atoms with van der Waals surface area (Å²) in [6.45, 7) is 6.61. The van der Waals surface area contributed by atoms with Crippen LogP contribution in [0.2, 0.25) is 0 Å². The lowest BCUT2D eigenvalue weighted by Gasteiger charge is -2.08. The normalized spacial score (nSPS) is 11.3.